The number of hydrogen-bond donors (Lipinski definition) is 3. The minimum absolute atomic E-state index is 0.0956. The van der Waals surface area contributed by atoms with Crippen molar-refractivity contribution < 1.29 is 14.4 Å². The quantitative estimate of drug-likeness (QED) is 0.104. The van der Waals surface area contributed by atoms with E-state index in [0.29, 0.717) is 16.9 Å². The highest BCUT2D eigenvalue weighted by Crippen LogP contribution is 2.24. The Bertz CT molecular complexity index is 1780. The first-order chi connectivity index (χ1) is 21.4. The van der Waals surface area contributed by atoms with E-state index in [4.69, 9.17) is 0 Å². The van der Waals surface area contributed by atoms with Crippen LogP contribution in [0.15, 0.2) is 149 Å². The molecule has 5 aromatic carbocycles. The molecule has 0 saturated heterocycles. The molecular formula is C36H28BrN3O3S. The van der Waals surface area contributed by atoms with Gasteiger partial charge in [0.2, 0.25) is 5.91 Å². The number of rotatable bonds is 10. The molecular weight excluding hydrogens is 634 g/mol. The number of anilines is 2. The molecule has 0 fully saturated rings. The van der Waals surface area contributed by atoms with Crippen LogP contribution < -0.4 is 16.0 Å². The van der Waals surface area contributed by atoms with Crippen LogP contribution in [0, 0.1) is 0 Å². The molecule has 0 aliphatic rings. The summed E-state index contributed by atoms with van der Waals surface area (Å²) < 4.78 is 0.933. The Kier molecular flexibility index (Phi) is 10.4. The Morgan fingerprint density at radius 3 is 2.02 bits per heavy atom. The monoisotopic (exact) mass is 661 g/mol. The van der Waals surface area contributed by atoms with Gasteiger partial charge in [0.1, 0.15) is 5.70 Å². The van der Waals surface area contributed by atoms with Crippen LogP contribution in [-0.2, 0) is 9.59 Å². The second-order valence-corrected chi connectivity index (χ2v) is 11.7. The number of amides is 3. The van der Waals surface area contributed by atoms with Gasteiger partial charge in [-0.1, -0.05) is 94.8 Å². The molecule has 0 spiro atoms. The largest absolute Gasteiger partial charge is 0.325 e. The van der Waals surface area contributed by atoms with Crippen molar-refractivity contribution >= 4 is 62.9 Å². The summed E-state index contributed by atoms with van der Waals surface area (Å²) in [6.45, 7) is 0. The van der Waals surface area contributed by atoms with Crippen LogP contribution in [0.3, 0.4) is 0 Å². The number of halogens is 1. The normalized spacial score (nSPS) is 11.0. The summed E-state index contributed by atoms with van der Waals surface area (Å²) in [7, 11) is 0. The summed E-state index contributed by atoms with van der Waals surface area (Å²) in [6, 6.07) is 41.1. The van der Waals surface area contributed by atoms with E-state index in [9.17, 15) is 14.4 Å². The van der Waals surface area contributed by atoms with Crippen molar-refractivity contribution in [1.29, 1.82) is 0 Å². The van der Waals surface area contributed by atoms with E-state index in [1.807, 2.05) is 91.0 Å². The van der Waals surface area contributed by atoms with Crippen molar-refractivity contribution in [3.63, 3.8) is 0 Å². The Hall–Kier alpha value is -4.92. The summed E-state index contributed by atoms with van der Waals surface area (Å²) in [5.41, 5.74) is 4.66. The molecule has 44 heavy (non-hydrogen) atoms. The minimum Gasteiger partial charge on any atom is -0.325 e. The average molecular weight is 663 g/mol. The molecule has 0 saturated carbocycles. The number of hydrogen-bond acceptors (Lipinski definition) is 4. The predicted molar refractivity (Wildman–Crippen MR) is 182 cm³/mol. The zero-order valence-corrected chi connectivity index (χ0v) is 25.9. The Balaban J connectivity index is 1.29. The van der Waals surface area contributed by atoms with Crippen LogP contribution in [-0.4, -0.2) is 23.5 Å². The number of carbonyl (C=O) groups excluding carboxylic acids is 3. The molecule has 218 valence electrons. The van der Waals surface area contributed by atoms with Crippen LogP contribution in [0.25, 0.3) is 17.2 Å². The van der Waals surface area contributed by atoms with Gasteiger partial charge in [0.15, 0.2) is 0 Å². The number of benzene rings is 5. The van der Waals surface area contributed by atoms with E-state index in [-0.39, 0.29) is 17.4 Å². The fourth-order valence-corrected chi connectivity index (χ4v) is 5.27. The standard InChI is InChI=1S/C36H28BrN3O3S/c37-29-18-20-30(21-19-29)38-34(41)24-44-32-13-7-12-31(23-32)39-36(43)33(40-35(42)28-10-5-2-6-11-28)22-25-14-16-27(17-15-25)26-8-3-1-4-9-26/h1-23H,24H2,(H,38,41)(H,39,43)(H,40,42)/b33-22+. The number of carbonyl (C=O) groups is 3. The molecule has 0 heterocycles. The van der Waals surface area contributed by atoms with E-state index >= 15 is 0 Å². The lowest BCUT2D eigenvalue weighted by atomic mass is 10.0. The van der Waals surface area contributed by atoms with Crippen LogP contribution in [0.4, 0.5) is 11.4 Å². The van der Waals surface area contributed by atoms with Gasteiger partial charge in [0, 0.05) is 26.3 Å². The van der Waals surface area contributed by atoms with E-state index in [2.05, 4.69) is 31.9 Å². The maximum Gasteiger partial charge on any atom is 0.272 e. The third-order valence-corrected chi connectivity index (χ3v) is 7.97. The summed E-state index contributed by atoms with van der Waals surface area (Å²) in [6.07, 6.45) is 1.65. The molecule has 0 bridgehead atoms. The smallest absolute Gasteiger partial charge is 0.272 e. The van der Waals surface area contributed by atoms with Crippen LogP contribution >= 0.6 is 27.7 Å². The van der Waals surface area contributed by atoms with Crippen molar-refractivity contribution in [2.24, 2.45) is 0 Å². The van der Waals surface area contributed by atoms with Gasteiger partial charge in [-0.2, -0.15) is 0 Å². The fourth-order valence-electron chi connectivity index (χ4n) is 4.25. The predicted octanol–water partition coefficient (Wildman–Crippen LogP) is 8.26. The summed E-state index contributed by atoms with van der Waals surface area (Å²) in [5, 5.41) is 8.54. The van der Waals surface area contributed by atoms with Crippen LogP contribution in [0.1, 0.15) is 15.9 Å². The lowest BCUT2D eigenvalue weighted by molar-refractivity contribution is -0.114. The molecule has 0 atom stereocenters. The van der Waals surface area contributed by atoms with Gasteiger partial charge < -0.3 is 16.0 Å². The van der Waals surface area contributed by atoms with Crippen molar-refractivity contribution in [2.45, 2.75) is 4.90 Å². The van der Waals surface area contributed by atoms with Gasteiger partial charge in [0.05, 0.1) is 5.75 Å². The minimum atomic E-state index is -0.475. The van der Waals surface area contributed by atoms with Crippen LogP contribution in [0.2, 0.25) is 0 Å². The second kappa shape index (κ2) is 15.0. The molecule has 0 aliphatic carbocycles. The first kappa shape index (κ1) is 30.5. The van der Waals surface area contributed by atoms with E-state index < -0.39 is 11.8 Å². The Labute approximate surface area is 268 Å². The molecule has 0 aliphatic heterocycles. The molecule has 0 radical (unpaired) electrons. The zero-order chi connectivity index (χ0) is 30.7. The molecule has 6 nitrogen and oxygen atoms in total. The van der Waals surface area contributed by atoms with Crippen molar-refractivity contribution in [1.82, 2.24) is 5.32 Å². The molecule has 0 aromatic heterocycles. The van der Waals surface area contributed by atoms with E-state index in [0.717, 1.165) is 26.1 Å². The molecule has 0 unspecified atom stereocenters. The van der Waals surface area contributed by atoms with Crippen molar-refractivity contribution in [2.75, 3.05) is 16.4 Å². The second-order valence-electron chi connectivity index (χ2n) is 9.69. The van der Waals surface area contributed by atoms with Gasteiger partial charge in [-0.15, -0.1) is 11.8 Å². The summed E-state index contributed by atoms with van der Waals surface area (Å²) in [4.78, 5) is 39.8. The van der Waals surface area contributed by atoms with Gasteiger partial charge in [-0.25, -0.2) is 0 Å². The molecule has 3 N–H and O–H groups in total. The summed E-state index contributed by atoms with van der Waals surface area (Å²) in [5.74, 6) is -0.811. The van der Waals surface area contributed by atoms with E-state index in [1.165, 1.54) is 11.8 Å². The van der Waals surface area contributed by atoms with Crippen molar-refractivity contribution in [3.8, 4) is 11.1 Å². The fraction of sp³-hybridized carbons (Fsp3) is 0.0278. The molecule has 3 amide bonds. The first-order valence-corrected chi connectivity index (χ1v) is 15.5. The van der Waals surface area contributed by atoms with Gasteiger partial charge in [-0.05, 0) is 77.4 Å². The maximum absolute atomic E-state index is 13.5. The maximum atomic E-state index is 13.5. The summed E-state index contributed by atoms with van der Waals surface area (Å²) >= 11 is 4.74. The topological polar surface area (TPSA) is 87.3 Å². The Morgan fingerprint density at radius 2 is 1.32 bits per heavy atom. The highest BCUT2D eigenvalue weighted by Gasteiger charge is 2.16. The molecule has 8 heteroatoms. The van der Waals surface area contributed by atoms with Crippen LogP contribution in [0.5, 0.6) is 0 Å². The third-order valence-electron chi connectivity index (χ3n) is 6.45. The third kappa shape index (κ3) is 8.80. The Morgan fingerprint density at radius 1 is 0.659 bits per heavy atom. The molecule has 5 aromatic rings. The zero-order valence-electron chi connectivity index (χ0n) is 23.5. The lowest BCUT2D eigenvalue weighted by Gasteiger charge is -2.12. The molecule has 5 rings (SSSR count). The van der Waals surface area contributed by atoms with Gasteiger partial charge >= 0.3 is 0 Å². The highest BCUT2D eigenvalue weighted by atomic mass is 79.9. The number of nitrogens with one attached hydrogen (secondary N) is 3. The van der Waals surface area contributed by atoms with Crippen molar-refractivity contribution in [3.05, 3.63) is 155 Å². The first-order valence-electron chi connectivity index (χ1n) is 13.8. The highest BCUT2D eigenvalue weighted by molar-refractivity contribution is 9.10. The number of thioether (sulfide) groups is 1. The van der Waals surface area contributed by atoms with Gasteiger partial charge in [-0.3, -0.25) is 14.4 Å². The van der Waals surface area contributed by atoms with Gasteiger partial charge in [0.25, 0.3) is 11.8 Å². The SMILES string of the molecule is O=C(CSc1cccc(NC(=O)/C(=C\c2ccc(-c3ccccc3)cc2)NC(=O)c2ccccc2)c1)Nc1ccc(Br)cc1. The van der Waals surface area contributed by atoms with E-state index in [1.54, 1.807) is 48.5 Å². The average Bonchev–Trinajstić information content (AvgIpc) is 3.06. The lowest BCUT2D eigenvalue weighted by Crippen LogP contribution is -2.30.